The Bertz CT molecular complexity index is 241. The summed E-state index contributed by atoms with van der Waals surface area (Å²) < 4.78 is 0. The fraction of sp³-hybridized carbons (Fsp3) is 0.500. The Morgan fingerprint density at radius 2 is 2.17 bits per heavy atom. The molecular formula is C12H18. The van der Waals surface area contributed by atoms with E-state index in [-0.39, 0.29) is 0 Å². The van der Waals surface area contributed by atoms with Crippen molar-refractivity contribution in [3.05, 3.63) is 35.5 Å². The fourth-order valence-electron chi connectivity index (χ4n) is 1.40. The number of allylic oxidation sites excluding steroid dienone is 5. The van der Waals surface area contributed by atoms with E-state index < -0.39 is 0 Å². The van der Waals surface area contributed by atoms with E-state index in [0.717, 1.165) is 6.42 Å². The van der Waals surface area contributed by atoms with E-state index >= 15 is 0 Å². The summed E-state index contributed by atoms with van der Waals surface area (Å²) in [5.41, 5.74) is 4.16. The zero-order chi connectivity index (χ0) is 9.14. The van der Waals surface area contributed by atoms with Gasteiger partial charge >= 0.3 is 0 Å². The summed E-state index contributed by atoms with van der Waals surface area (Å²) in [6, 6.07) is 0. The number of hydrogen-bond donors (Lipinski definition) is 0. The maximum atomic E-state index is 4.05. The summed E-state index contributed by atoms with van der Waals surface area (Å²) in [6.07, 6.45) is 6.76. The fourth-order valence-corrected chi connectivity index (χ4v) is 1.40. The molecule has 0 N–H and O–H groups in total. The van der Waals surface area contributed by atoms with E-state index in [1.54, 1.807) is 0 Å². The molecule has 0 aromatic rings. The second kappa shape index (κ2) is 3.75. The molecule has 1 atom stereocenters. The van der Waals surface area contributed by atoms with Crippen molar-refractivity contribution in [2.24, 2.45) is 5.92 Å². The highest BCUT2D eigenvalue weighted by Gasteiger charge is 2.11. The van der Waals surface area contributed by atoms with Gasteiger partial charge in [0.2, 0.25) is 0 Å². The molecule has 0 aromatic heterocycles. The largest absolute Gasteiger partial charge is 0.0952 e. The van der Waals surface area contributed by atoms with Gasteiger partial charge in [-0.15, -0.1) is 0 Å². The molecule has 0 spiro atoms. The lowest BCUT2D eigenvalue weighted by molar-refractivity contribution is 0.636. The van der Waals surface area contributed by atoms with Crippen molar-refractivity contribution in [1.29, 1.82) is 0 Å². The van der Waals surface area contributed by atoms with Gasteiger partial charge in [0.25, 0.3) is 0 Å². The van der Waals surface area contributed by atoms with Crippen LogP contribution in [0.25, 0.3) is 0 Å². The van der Waals surface area contributed by atoms with E-state index in [0.29, 0.717) is 5.92 Å². The van der Waals surface area contributed by atoms with Gasteiger partial charge in [-0.05, 0) is 36.8 Å². The Hall–Kier alpha value is -0.780. The standard InChI is InChI=1S/C12H18/c1-5-9(2)12-7-6-10(3)11(4)8-12/h6-7,9H,4-5,8H2,1-3H3. The van der Waals surface area contributed by atoms with Crippen LogP contribution >= 0.6 is 0 Å². The van der Waals surface area contributed by atoms with Gasteiger partial charge in [0.05, 0.1) is 0 Å². The third-order valence-electron chi connectivity index (χ3n) is 2.77. The molecule has 0 amide bonds. The lowest BCUT2D eigenvalue weighted by atomic mass is 9.87. The first kappa shape index (κ1) is 9.31. The highest BCUT2D eigenvalue weighted by molar-refractivity contribution is 5.39. The van der Waals surface area contributed by atoms with Crippen molar-refractivity contribution in [3.63, 3.8) is 0 Å². The molecule has 0 aliphatic heterocycles. The van der Waals surface area contributed by atoms with Crippen LogP contribution in [0.3, 0.4) is 0 Å². The first-order valence-electron chi connectivity index (χ1n) is 4.70. The summed E-state index contributed by atoms with van der Waals surface area (Å²) in [6.45, 7) is 10.7. The molecule has 1 aliphatic rings. The van der Waals surface area contributed by atoms with Gasteiger partial charge in [0.1, 0.15) is 0 Å². The van der Waals surface area contributed by atoms with Crippen LogP contribution in [-0.2, 0) is 0 Å². The molecule has 0 saturated carbocycles. The summed E-state index contributed by atoms with van der Waals surface area (Å²) in [5.74, 6) is 0.714. The van der Waals surface area contributed by atoms with Gasteiger partial charge < -0.3 is 0 Å². The first-order chi connectivity index (χ1) is 5.65. The molecule has 0 radical (unpaired) electrons. The molecular weight excluding hydrogens is 144 g/mol. The normalized spacial score (nSPS) is 20.1. The number of rotatable bonds is 2. The minimum Gasteiger partial charge on any atom is -0.0952 e. The summed E-state index contributed by atoms with van der Waals surface area (Å²) >= 11 is 0. The van der Waals surface area contributed by atoms with Gasteiger partial charge in [0, 0.05) is 0 Å². The Labute approximate surface area is 75.7 Å². The molecule has 0 heteroatoms. The molecule has 0 fully saturated rings. The van der Waals surface area contributed by atoms with Crippen molar-refractivity contribution in [1.82, 2.24) is 0 Å². The highest BCUT2D eigenvalue weighted by atomic mass is 14.2. The Morgan fingerprint density at radius 1 is 1.50 bits per heavy atom. The molecule has 0 aromatic carbocycles. The minimum atomic E-state index is 0.714. The zero-order valence-electron chi connectivity index (χ0n) is 8.35. The average molecular weight is 162 g/mol. The van der Waals surface area contributed by atoms with Crippen molar-refractivity contribution in [3.8, 4) is 0 Å². The smallest absolute Gasteiger partial charge is 0.00646 e. The molecule has 1 unspecified atom stereocenters. The average Bonchev–Trinajstić information content (AvgIpc) is 2.08. The lowest BCUT2D eigenvalue weighted by Crippen LogP contribution is -2.02. The topological polar surface area (TPSA) is 0 Å². The third-order valence-corrected chi connectivity index (χ3v) is 2.77. The van der Waals surface area contributed by atoms with E-state index in [4.69, 9.17) is 0 Å². The van der Waals surface area contributed by atoms with Crippen molar-refractivity contribution in [2.45, 2.75) is 33.6 Å². The maximum absolute atomic E-state index is 4.05. The molecule has 1 rings (SSSR count). The van der Waals surface area contributed by atoms with Crippen LogP contribution in [0, 0.1) is 5.92 Å². The predicted octanol–water partition coefficient (Wildman–Crippen LogP) is 3.87. The molecule has 1 aliphatic carbocycles. The first-order valence-corrected chi connectivity index (χ1v) is 4.70. The zero-order valence-corrected chi connectivity index (χ0v) is 8.35. The maximum Gasteiger partial charge on any atom is -0.00646 e. The van der Waals surface area contributed by atoms with E-state index in [1.165, 1.54) is 23.1 Å². The molecule has 0 bridgehead atoms. The van der Waals surface area contributed by atoms with Crippen LogP contribution in [0.5, 0.6) is 0 Å². The Kier molecular flexibility index (Phi) is 2.91. The second-order valence-electron chi connectivity index (χ2n) is 3.68. The summed E-state index contributed by atoms with van der Waals surface area (Å²) in [5, 5.41) is 0. The predicted molar refractivity (Wildman–Crippen MR) is 55.1 cm³/mol. The molecule has 0 nitrogen and oxygen atoms in total. The minimum absolute atomic E-state index is 0.714. The van der Waals surface area contributed by atoms with Gasteiger partial charge in [0.15, 0.2) is 0 Å². The number of hydrogen-bond acceptors (Lipinski definition) is 0. The Morgan fingerprint density at radius 3 is 2.67 bits per heavy atom. The monoisotopic (exact) mass is 162 g/mol. The van der Waals surface area contributed by atoms with Crippen LogP contribution in [0.1, 0.15) is 33.6 Å². The second-order valence-corrected chi connectivity index (χ2v) is 3.68. The van der Waals surface area contributed by atoms with E-state index in [1.807, 2.05) is 0 Å². The van der Waals surface area contributed by atoms with Gasteiger partial charge in [-0.1, -0.05) is 38.2 Å². The van der Waals surface area contributed by atoms with Gasteiger partial charge in [-0.25, -0.2) is 0 Å². The van der Waals surface area contributed by atoms with Crippen LogP contribution in [-0.4, -0.2) is 0 Å². The summed E-state index contributed by atoms with van der Waals surface area (Å²) in [7, 11) is 0. The molecule has 66 valence electrons. The van der Waals surface area contributed by atoms with Crippen LogP contribution in [0.2, 0.25) is 0 Å². The lowest BCUT2D eigenvalue weighted by Gasteiger charge is -2.19. The Balaban J connectivity index is 2.76. The summed E-state index contributed by atoms with van der Waals surface area (Å²) in [4.78, 5) is 0. The SMILES string of the molecule is C=C1CC(C(C)CC)=CC=C1C. The van der Waals surface area contributed by atoms with E-state index in [2.05, 4.69) is 39.5 Å². The van der Waals surface area contributed by atoms with Crippen LogP contribution < -0.4 is 0 Å². The van der Waals surface area contributed by atoms with Crippen molar-refractivity contribution >= 4 is 0 Å². The van der Waals surface area contributed by atoms with Crippen molar-refractivity contribution < 1.29 is 0 Å². The van der Waals surface area contributed by atoms with Gasteiger partial charge in [-0.2, -0.15) is 0 Å². The molecule has 12 heavy (non-hydrogen) atoms. The van der Waals surface area contributed by atoms with Crippen LogP contribution in [0.15, 0.2) is 35.5 Å². The van der Waals surface area contributed by atoms with Crippen molar-refractivity contribution in [2.75, 3.05) is 0 Å². The molecule has 0 heterocycles. The highest BCUT2D eigenvalue weighted by Crippen LogP contribution is 2.28. The van der Waals surface area contributed by atoms with Crippen LogP contribution in [0.4, 0.5) is 0 Å². The van der Waals surface area contributed by atoms with Gasteiger partial charge in [-0.3, -0.25) is 0 Å². The quantitative estimate of drug-likeness (QED) is 0.578. The molecule has 0 saturated heterocycles. The van der Waals surface area contributed by atoms with E-state index in [9.17, 15) is 0 Å². The third kappa shape index (κ3) is 1.88.